The predicted octanol–water partition coefficient (Wildman–Crippen LogP) is 0.377. The highest BCUT2D eigenvalue weighted by atomic mass is 32.2. The lowest BCUT2D eigenvalue weighted by Gasteiger charge is -2.10. The first-order valence-electron chi connectivity index (χ1n) is 4.93. The van der Waals surface area contributed by atoms with Crippen LogP contribution in [0.4, 0.5) is 0 Å². The van der Waals surface area contributed by atoms with Crippen LogP contribution in [0.3, 0.4) is 0 Å². The quantitative estimate of drug-likeness (QED) is 0.646. The molecule has 2 N–H and O–H groups in total. The Bertz CT molecular complexity index is 345. The first-order valence-corrected chi connectivity index (χ1v) is 6.75. The Morgan fingerprint density at radius 2 is 1.75 bits per heavy atom. The summed E-state index contributed by atoms with van der Waals surface area (Å²) >= 11 is 0. The Morgan fingerprint density at radius 1 is 1.19 bits per heavy atom. The van der Waals surface area contributed by atoms with Crippen LogP contribution in [0.2, 0.25) is 0 Å². The second-order valence-electron chi connectivity index (χ2n) is 3.49. The van der Waals surface area contributed by atoms with Crippen LogP contribution in [0.1, 0.15) is 26.2 Å². The highest BCUT2D eigenvalue weighted by Gasteiger charge is 2.21. The molecule has 0 amide bonds. The van der Waals surface area contributed by atoms with Crippen LogP contribution >= 0.6 is 0 Å². The summed E-state index contributed by atoms with van der Waals surface area (Å²) in [6, 6.07) is 0. The zero-order valence-electron chi connectivity index (χ0n) is 9.05. The van der Waals surface area contributed by atoms with Gasteiger partial charge in [0.25, 0.3) is 0 Å². The van der Waals surface area contributed by atoms with Crippen molar-refractivity contribution in [2.45, 2.75) is 26.2 Å². The van der Waals surface area contributed by atoms with Gasteiger partial charge in [-0.2, -0.15) is 0 Å². The first-order chi connectivity index (χ1) is 7.28. The number of carboxylic acids is 2. The van der Waals surface area contributed by atoms with E-state index in [9.17, 15) is 18.0 Å². The third kappa shape index (κ3) is 6.39. The largest absolute Gasteiger partial charge is 0.481 e. The molecule has 7 heteroatoms. The monoisotopic (exact) mass is 252 g/mol. The van der Waals surface area contributed by atoms with Crippen molar-refractivity contribution in [2.24, 2.45) is 5.92 Å². The van der Waals surface area contributed by atoms with Crippen LogP contribution < -0.4 is 0 Å². The van der Waals surface area contributed by atoms with Gasteiger partial charge in [0.1, 0.15) is 9.84 Å². The fourth-order valence-corrected chi connectivity index (χ4v) is 2.09. The van der Waals surface area contributed by atoms with Crippen molar-refractivity contribution in [3.63, 3.8) is 0 Å². The molecular weight excluding hydrogens is 236 g/mol. The lowest BCUT2D eigenvalue weighted by Crippen LogP contribution is -2.20. The Labute approximate surface area is 94.2 Å². The number of carbonyl (C=O) groups is 2. The van der Waals surface area contributed by atoms with Gasteiger partial charge in [0.2, 0.25) is 0 Å². The average Bonchev–Trinajstić information content (AvgIpc) is 2.16. The number of sulfone groups is 1. The van der Waals surface area contributed by atoms with Crippen LogP contribution in [0, 0.1) is 5.92 Å². The maximum absolute atomic E-state index is 11.2. The fourth-order valence-electron chi connectivity index (χ4n) is 1.16. The minimum absolute atomic E-state index is 0.0290. The summed E-state index contributed by atoms with van der Waals surface area (Å²) in [7, 11) is -3.20. The molecule has 0 aliphatic heterocycles. The van der Waals surface area contributed by atoms with E-state index in [0.29, 0.717) is 0 Å². The molecule has 0 saturated heterocycles. The molecule has 0 bridgehead atoms. The molecule has 0 aromatic carbocycles. The maximum atomic E-state index is 11.2. The Balaban J connectivity index is 4.25. The molecule has 0 rings (SSSR count). The SMILES string of the molecule is CCS(=O)(=O)CCC(CCC(=O)O)C(=O)O. The minimum atomic E-state index is -3.20. The molecule has 6 nitrogen and oxygen atoms in total. The van der Waals surface area contributed by atoms with Crippen LogP contribution in [0.5, 0.6) is 0 Å². The van der Waals surface area contributed by atoms with Gasteiger partial charge in [-0.25, -0.2) is 8.42 Å². The van der Waals surface area contributed by atoms with E-state index in [1.54, 1.807) is 0 Å². The van der Waals surface area contributed by atoms with E-state index in [1.807, 2.05) is 0 Å². The Hall–Kier alpha value is -1.11. The smallest absolute Gasteiger partial charge is 0.306 e. The Kier molecular flexibility index (Phi) is 6.02. The van der Waals surface area contributed by atoms with E-state index >= 15 is 0 Å². The first kappa shape index (κ1) is 14.9. The third-order valence-corrected chi connectivity index (χ3v) is 4.01. The van der Waals surface area contributed by atoms with E-state index < -0.39 is 27.7 Å². The molecule has 0 aromatic rings. The molecule has 1 atom stereocenters. The molecule has 0 radical (unpaired) electrons. The molecule has 0 aliphatic rings. The van der Waals surface area contributed by atoms with E-state index in [2.05, 4.69) is 0 Å². The lowest BCUT2D eigenvalue weighted by molar-refractivity contribution is -0.143. The highest BCUT2D eigenvalue weighted by Crippen LogP contribution is 2.13. The van der Waals surface area contributed by atoms with Crippen molar-refractivity contribution in [2.75, 3.05) is 11.5 Å². The molecule has 16 heavy (non-hydrogen) atoms. The summed E-state index contributed by atoms with van der Waals surface area (Å²) in [4.78, 5) is 21.0. The van der Waals surface area contributed by atoms with Crippen molar-refractivity contribution in [1.29, 1.82) is 0 Å². The molecule has 0 spiro atoms. The van der Waals surface area contributed by atoms with Gasteiger partial charge in [0.15, 0.2) is 0 Å². The Morgan fingerprint density at radius 3 is 2.12 bits per heavy atom. The molecule has 94 valence electrons. The molecule has 1 unspecified atom stereocenters. The van der Waals surface area contributed by atoms with E-state index in [1.165, 1.54) is 6.92 Å². The van der Waals surface area contributed by atoms with Gasteiger partial charge in [-0.05, 0) is 12.8 Å². The second kappa shape index (κ2) is 6.47. The van der Waals surface area contributed by atoms with Crippen LogP contribution in [-0.4, -0.2) is 42.1 Å². The molecule has 0 saturated carbocycles. The van der Waals surface area contributed by atoms with Crippen molar-refractivity contribution >= 4 is 21.8 Å². The number of carboxylic acid groups (broad SMARTS) is 2. The van der Waals surface area contributed by atoms with Gasteiger partial charge in [0.05, 0.1) is 11.7 Å². The standard InChI is InChI=1S/C9H16O6S/c1-2-16(14,15)6-5-7(9(12)13)3-4-8(10)11/h7H,2-6H2,1H3,(H,10,11)(H,12,13). The van der Waals surface area contributed by atoms with Gasteiger partial charge >= 0.3 is 11.9 Å². The number of hydrogen-bond donors (Lipinski definition) is 2. The van der Waals surface area contributed by atoms with Crippen molar-refractivity contribution in [3.05, 3.63) is 0 Å². The molecule has 0 aliphatic carbocycles. The van der Waals surface area contributed by atoms with Gasteiger partial charge in [-0.3, -0.25) is 9.59 Å². The van der Waals surface area contributed by atoms with Crippen molar-refractivity contribution in [1.82, 2.24) is 0 Å². The fraction of sp³-hybridized carbons (Fsp3) is 0.778. The zero-order valence-corrected chi connectivity index (χ0v) is 9.87. The second-order valence-corrected chi connectivity index (χ2v) is 5.97. The third-order valence-electron chi connectivity index (χ3n) is 2.27. The predicted molar refractivity (Wildman–Crippen MR) is 56.9 cm³/mol. The van der Waals surface area contributed by atoms with E-state index in [0.717, 1.165) is 0 Å². The molecule has 0 heterocycles. The number of hydrogen-bond acceptors (Lipinski definition) is 4. The summed E-state index contributed by atoms with van der Waals surface area (Å²) in [5.41, 5.74) is 0. The van der Waals surface area contributed by atoms with Crippen LogP contribution in [0.25, 0.3) is 0 Å². The van der Waals surface area contributed by atoms with E-state index in [4.69, 9.17) is 10.2 Å². The van der Waals surface area contributed by atoms with Crippen molar-refractivity contribution in [3.8, 4) is 0 Å². The van der Waals surface area contributed by atoms with Crippen LogP contribution in [0.15, 0.2) is 0 Å². The normalized spacial score (nSPS) is 13.3. The lowest BCUT2D eigenvalue weighted by atomic mass is 10.0. The molecule has 0 aromatic heterocycles. The summed E-state index contributed by atoms with van der Waals surface area (Å²) in [5.74, 6) is -3.37. The average molecular weight is 252 g/mol. The maximum Gasteiger partial charge on any atom is 0.306 e. The van der Waals surface area contributed by atoms with E-state index in [-0.39, 0.29) is 30.8 Å². The molecule has 0 fully saturated rings. The van der Waals surface area contributed by atoms with Crippen LogP contribution in [-0.2, 0) is 19.4 Å². The highest BCUT2D eigenvalue weighted by molar-refractivity contribution is 7.91. The topological polar surface area (TPSA) is 109 Å². The summed E-state index contributed by atoms with van der Waals surface area (Å²) in [5, 5.41) is 17.2. The zero-order chi connectivity index (χ0) is 12.8. The van der Waals surface area contributed by atoms with Gasteiger partial charge in [0, 0.05) is 12.2 Å². The minimum Gasteiger partial charge on any atom is -0.481 e. The van der Waals surface area contributed by atoms with Crippen molar-refractivity contribution < 1.29 is 28.2 Å². The molecular formula is C9H16O6S. The number of rotatable bonds is 8. The summed E-state index contributed by atoms with van der Waals surface area (Å²) in [6.07, 6.45) is -0.328. The van der Waals surface area contributed by atoms with Gasteiger partial charge < -0.3 is 10.2 Å². The van der Waals surface area contributed by atoms with Gasteiger partial charge in [-0.1, -0.05) is 6.92 Å². The van der Waals surface area contributed by atoms with Gasteiger partial charge in [-0.15, -0.1) is 0 Å². The summed E-state index contributed by atoms with van der Waals surface area (Å²) in [6.45, 7) is 1.49. The summed E-state index contributed by atoms with van der Waals surface area (Å²) < 4.78 is 22.3. The number of aliphatic carboxylic acids is 2.